The van der Waals surface area contributed by atoms with Gasteiger partial charge in [-0.05, 0) is 29.3 Å². The molecule has 0 saturated carbocycles. The van der Waals surface area contributed by atoms with Crippen LogP contribution < -0.4 is 5.32 Å². The Kier molecular flexibility index (Phi) is 7.49. The molecule has 2 aromatic rings. The van der Waals surface area contributed by atoms with Crippen LogP contribution in [-0.2, 0) is 25.6 Å². The van der Waals surface area contributed by atoms with Crippen LogP contribution >= 0.6 is 0 Å². The first-order valence-corrected chi connectivity index (χ1v) is 8.31. The lowest BCUT2D eigenvalue weighted by atomic mass is 10.1. The lowest BCUT2D eigenvalue weighted by molar-refractivity contribution is -0.144. The summed E-state index contributed by atoms with van der Waals surface area (Å²) >= 11 is 0. The smallest absolute Gasteiger partial charge is 0.349 e. The van der Waals surface area contributed by atoms with Crippen molar-refractivity contribution in [2.45, 2.75) is 6.54 Å². The summed E-state index contributed by atoms with van der Waals surface area (Å²) in [5.74, 6) is -1.83. The molecule has 142 valence electrons. The molecule has 0 radical (unpaired) electrons. The Labute approximate surface area is 162 Å². The van der Waals surface area contributed by atoms with E-state index in [2.05, 4.69) is 10.1 Å². The average molecular weight is 378 g/mol. The van der Waals surface area contributed by atoms with Gasteiger partial charge in [0.2, 0.25) is 0 Å². The van der Waals surface area contributed by atoms with E-state index < -0.39 is 24.5 Å². The highest BCUT2D eigenvalue weighted by molar-refractivity contribution is 5.98. The molecule has 7 heteroatoms. The van der Waals surface area contributed by atoms with Gasteiger partial charge >= 0.3 is 11.9 Å². The molecule has 0 heterocycles. The minimum absolute atomic E-state index is 0.197. The highest BCUT2D eigenvalue weighted by atomic mass is 16.5. The first-order chi connectivity index (χ1) is 13.5. The van der Waals surface area contributed by atoms with Gasteiger partial charge in [0.05, 0.1) is 12.7 Å². The predicted molar refractivity (Wildman–Crippen MR) is 101 cm³/mol. The summed E-state index contributed by atoms with van der Waals surface area (Å²) < 4.78 is 9.49. The van der Waals surface area contributed by atoms with Crippen molar-refractivity contribution < 1.29 is 23.9 Å². The number of hydrogen-bond donors (Lipinski definition) is 1. The Morgan fingerprint density at radius 2 is 1.75 bits per heavy atom. The normalized spacial score (nSPS) is 10.5. The third-order valence-corrected chi connectivity index (χ3v) is 3.65. The van der Waals surface area contributed by atoms with Crippen molar-refractivity contribution >= 4 is 23.9 Å². The van der Waals surface area contributed by atoms with Gasteiger partial charge in [-0.2, -0.15) is 5.26 Å². The maximum absolute atomic E-state index is 12.0. The zero-order valence-electron chi connectivity index (χ0n) is 15.2. The third-order valence-electron chi connectivity index (χ3n) is 3.65. The summed E-state index contributed by atoms with van der Waals surface area (Å²) in [6.07, 6.45) is 1.39. The van der Waals surface area contributed by atoms with Crippen molar-refractivity contribution in [3.05, 3.63) is 76.9 Å². The van der Waals surface area contributed by atoms with Gasteiger partial charge in [0.25, 0.3) is 5.91 Å². The highest BCUT2D eigenvalue weighted by Gasteiger charge is 2.13. The van der Waals surface area contributed by atoms with E-state index in [1.807, 2.05) is 6.07 Å². The standard InChI is InChI=1S/C21H18N2O5/c1-27-20(25)17-9-7-16(8-10-17)13-23-19(24)14-28-21(26)18(12-22)11-15-5-3-2-4-6-15/h2-11H,13-14H2,1H3,(H,23,24)/b18-11+. The molecule has 0 fully saturated rings. The Bertz CT molecular complexity index is 912. The van der Waals surface area contributed by atoms with E-state index in [4.69, 9.17) is 10.00 Å². The third kappa shape index (κ3) is 6.11. The number of rotatable bonds is 7. The van der Waals surface area contributed by atoms with Gasteiger partial charge in [-0.1, -0.05) is 42.5 Å². The van der Waals surface area contributed by atoms with Crippen molar-refractivity contribution in [1.82, 2.24) is 5.32 Å². The molecule has 0 aliphatic carbocycles. The first kappa shape index (κ1) is 20.4. The molecule has 0 spiro atoms. The quantitative estimate of drug-likeness (QED) is 0.450. The van der Waals surface area contributed by atoms with E-state index in [-0.39, 0.29) is 12.1 Å². The molecule has 2 rings (SSSR count). The minimum atomic E-state index is -0.871. The van der Waals surface area contributed by atoms with Crippen molar-refractivity contribution in [1.29, 1.82) is 5.26 Å². The Morgan fingerprint density at radius 3 is 2.36 bits per heavy atom. The average Bonchev–Trinajstić information content (AvgIpc) is 2.74. The van der Waals surface area contributed by atoms with Gasteiger partial charge in [-0.15, -0.1) is 0 Å². The Balaban J connectivity index is 1.83. The molecule has 0 saturated heterocycles. The van der Waals surface area contributed by atoms with Crippen LogP contribution in [0.1, 0.15) is 21.5 Å². The molecule has 0 atom stereocenters. The largest absolute Gasteiger partial charge is 0.465 e. The molecule has 0 unspecified atom stereocenters. The number of nitrogens with zero attached hydrogens (tertiary/aromatic N) is 1. The number of nitrogens with one attached hydrogen (secondary N) is 1. The maximum Gasteiger partial charge on any atom is 0.349 e. The fourth-order valence-electron chi connectivity index (χ4n) is 2.19. The molecule has 0 aliphatic rings. The monoisotopic (exact) mass is 378 g/mol. The zero-order valence-corrected chi connectivity index (χ0v) is 15.2. The second-order valence-corrected chi connectivity index (χ2v) is 5.62. The summed E-state index contributed by atoms with van der Waals surface area (Å²) in [6.45, 7) is -0.310. The summed E-state index contributed by atoms with van der Waals surface area (Å²) in [4.78, 5) is 35.2. The van der Waals surface area contributed by atoms with Crippen molar-refractivity contribution in [2.75, 3.05) is 13.7 Å². The number of ether oxygens (including phenoxy) is 2. The summed E-state index contributed by atoms with van der Waals surface area (Å²) in [6, 6.07) is 17.1. The number of carbonyl (C=O) groups excluding carboxylic acids is 3. The maximum atomic E-state index is 12.0. The van der Waals surface area contributed by atoms with Crippen LogP contribution in [0, 0.1) is 11.3 Å². The van der Waals surface area contributed by atoms with Crippen molar-refractivity contribution in [3.63, 3.8) is 0 Å². The number of nitriles is 1. The fraction of sp³-hybridized carbons (Fsp3) is 0.143. The minimum Gasteiger partial charge on any atom is -0.465 e. The summed E-state index contributed by atoms with van der Waals surface area (Å²) in [7, 11) is 1.30. The number of hydrogen-bond acceptors (Lipinski definition) is 6. The summed E-state index contributed by atoms with van der Waals surface area (Å²) in [5.41, 5.74) is 1.64. The lowest BCUT2D eigenvalue weighted by Crippen LogP contribution is -2.28. The van der Waals surface area contributed by atoms with Gasteiger partial charge < -0.3 is 14.8 Å². The summed E-state index contributed by atoms with van der Waals surface area (Å²) in [5, 5.41) is 11.7. The van der Waals surface area contributed by atoms with Crippen LogP contribution in [-0.4, -0.2) is 31.6 Å². The first-order valence-electron chi connectivity index (χ1n) is 8.31. The van der Waals surface area contributed by atoms with Crippen LogP contribution in [0.25, 0.3) is 6.08 Å². The van der Waals surface area contributed by atoms with Gasteiger partial charge in [-0.3, -0.25) is 4.79 Å². The molecule has 2 aromatic carbocycles. The number of amides is 1. The van der Waals surface area contributed by atoms with Gasteiger partial charge in [0, 0.05) is 6.54 Å². The van der Waals surface area contributed by atoms with E-state index in [1.54, 1.807) is 54.6 Å². The van der Waals surface area contributed by atoms with E-state index in [1.165, 1.54) is 13.2 Å². The highest BCUT2D eigenvalue weighted by Crippen LogP contribution is 2.08. The van der Waals surface area contributed by atoms with Crippen LogP contribution in [0.4, 0.5) is 0 Å². The fourth-order valence-corrected chi connectivity index (χ4v) is 2.19. The van der Waals surface area contributed by atoms with Crippen molar-refractivity contribution in [2.24, 2.45) is 0 Å². The molecule has 0 bridgehead atoms. The van der Waals surface area contributed by atoms with Crippen LogP contribution in [0.5, 0.6) is 0 Å². The van der Waals surface area contributed by atoms with E-state index in [9.17, 15) is 14.4 Å². The Hall–Kier alpha value is -3.92. The van der Waals surface area contributed by atoms with Gasteiger partial charge in [0.1, 0.15) is 11.6 Å². The van der Waals surface area contributed by atoms with Gasteiger partial charge in [-0.25, -0.2) is 9.59 Å². The second-order valence-electron chi connectivity index (χ2n) is 5.62. The molecule has 1 amide bonds. The molecular formula is C21H18N2O5. The molecule has 7 nitrogen and oxygen atoms in total. The number of benzene rings is 2. The SMILES string of the molecule is COC(=O)c1ccc(CNC(=O)COC(=O)/C(C#N)=C/c2ccccc2)cc1. The van der Waals surface area contributed by atoms with E-state index in [0.717, 1.165) is 5.56 Å². The Morgan fingerprint density at radius 1 is 1.07 bits per heavy atom. The number of carbonyl (C=O) groups is 3. The molecule has 0 aliphatic heterocycles. The lowest BCUT2D eigenvalue weighted by Gasteiger charge is -2.07. The molecular weight excluding hydrogens is 360 g/mol. The number of esters is 2. The number of methoxy groups -OCH3 is 1. The van der Waals surface area contributed by atoms with Gasteiger partial charge in [0.15, 0.2) is 6.61 Å². The topological polar surface area (TPSA) is 105 Å². The van der Waals surface area contributed by atoms with Crippen LogP contribution in [0.3, 0.4) is 0 Å². The zero-order chi connectivity index (χ0) is 20.4. The van der Waals surface area contributed by atoms with E-state index >= 15 is 0 Å². The van der Waals surface area contributed by atoms with Crippen LogP contribution in [0.2, 0.25) is 0 Å². The van der Waals surface area contributed by atoms with E-state index in [0.29, 0.717) is 11.1 Å². The molecule has 0 aromatic heterocycles. The molecule has 28 heavy (non-hydrogen) atoms. The van der Waals surface area contributed by atoms with Crippen LogP contribution in [0.15, 0.2) is 60.2 Å². The molecule has 1 N–H and O–H groups in total. The van der Waals surface area contributed by atoms with Crippen molar-refractivity contribution in [3.8, 4) is 6.07 Å². The predicted octanol–water partition coefficient (Wildman–Crippen LogP) is 2.24. The second kappa shape index (κ2) is 10.3.